The summed E-state index contributed by atoms with van der Waals surface area (Å²) in [5, 5.41) is 8.07. The van der Waals surface area contributed by atoms with Gasteiger partial charge in [-0.3, -0.25) is 4.90 Å². The van der Waals surface area contributed by atoms with Gasteiger partial charge in [0.05, 0.1) is 11.5 Å². The lowest BCUT2D eigenvalue weighted by molar-refractivity contribution is -0.137. The predicted molar refractivity (Wildman–Crippen MR) is 91.7 cm³/mol. The van der Waals surface area contributed by atoms with E-state index in [9.17, 15) is 13.2 Å². The monoisotopic (exact) mass is 379 g/mol. The summed E-state index contributed by atoms with van der Waals surface area (Å²) < 4.78 is 43.9. The van der Waals surface area contributed by atoms with E-state index in [1.807, 2.05) is 0 Å². The number of halogens is 3. The van der Waals surface area contributed by atoms with Crippen LogP contribution in [0.3, 0.4) is 0 Å². The first-order chi connectivity index (χ1) is 12.5. The normalized spacial score (nSPS) is 18.5. The van der Waals surface area contributed by atoms with Crippen LogP contribution in [0.25, 0.3) is 11.4 Å². The van der Waals surface area contributed by atoms with Gasteiger partial charge in [0.15, 0.2) is 0 Å². The maximum Gasteiger partial charge on any atom is 0.416 e. The molecule has 0 radical (unpaired) electrons. The highest BCUT2D eigenvalue weighted by Crippen LogP contribution is 2.33. The maximum absolute atomic E-state index is 12.9. The fourth-order valence-corrected chi connectivity index (χ4v) is 3.83. The van der Waals surface area contributed by atoms with Crippen molar-refractivity contribution in [3.05, 3.63) is 58.1 Å². The minimum atomic E-state index is -4.39. The molecule has 26 heavy (non-hydrogen) atoms. The number of benzene rings is 1. The van der Waals surface area contributed by atoms with Gasteiger partial charge in [-0.2, -0.15) is 29.5 Å². The summed E-state index contributed by atoms with van der Waals surface area (Å²) in [7, 11) is 0. The van der Waals surface area contributed by atoms with Gasteiger partial charge < -0.3 is 4.52 Å². The van der Waals surface area contributed by atoms with Gasteiger partial charge in [-0.15, -0.1) is 0 Å². The summed E-state index contributed by atoms with van der Waals surface area (Å²) in [6.07, 6.45) is -3.50. The third kappa shape index (κ3) is 3.66. The number of hydrogen-bond acceptors (Lipinski definition) is 5. The Kier molecular flexibility index (Phi) is 4.54. The van der Waals surface area contributed by atoms with Crippen LogP contribution in [0.5, 0.6) is 0 Å². The largest absolute Gasteiger partial charge is 0.416 e. The van der Waals surface area contributed by atoms with Crippen LogP contribution in [0.4, 0.5) is 13.2 Å². The van der Waals surface area contributed by atoms with Crippen LogP contribution in [-0.4, -0.2) is 28.1 Å². The van der Waals surface area contributed by atoms with E-state index in [2.05, 4.69) is 31.9 Å². The number of likely N-dealkylation sites (tertiary alicyclic amines) is 1. The van der Waals surface area contributed by atoms with Crippen molar-refractivity contribution in [1.29, 1.82) is 0 Å². The van der Waals surface area contributed by atoms with Gasteiger partial charge in [-0.25, -0.2) is 0 Å². The fourth-order valence-electron chi connectivity index (χ4n) is 3.17. The molecule has 4 nitrogen and oxygen atoms in total. The second-order valence-electron chi connectivity index (χ2n) is 6.39. The van der Waals surface area contributed by atoms with Crippen LogP contribution in [0.15, 0.2) is 45.6 Å². The molecule has 2 aromatic heterocycles. The van der Waals surface area contributed by atoms with Crippen molar-refractivity contribution in [3.63, 3.8) is 0 Å². The van der Waals surface area contributed by atoms with E-state index in [1.54, 1.807) is 17.4 Å². The van der Waals surface area contributed by atoms with E-state index in [-0.39, 0.29) is 11.7 Å². The molecule has 0 bridgehead atoms. The van der Waals surface area contributed by atoms with Gasteiger partial charge in [0.2, 0.25) is 11.7 Å². The van der Waals surface area contributed by atoms with Crippen LogP contribution in [0.2, 0.25) is 0 Å². The summed E-state index contributed by atoms with van der Waals surface area (Å²) in [6.45, 7) is 2.62. The van der Waals surface area contributed by atoms with Crippen molar-refractivity contribution in [3.8, 4) is 11.4 Å². The number of alkyl halides is 3. The number of hydrogen-bond donors (Lipinski definition) is 0. The van der Waals surface area contributed by atoms with Crippen LogP contribution < -0.4 is 0 Å². The molecule has 0 saturated carbocycles. The zero-order valence-corrected chi connectivity index (χ0v) is 14.6. The van der Waals surface area contributed by atoms with Crippen molar-refractivity contribution in [2.75, 3.05) is 13.1 Å². The Morgan fingerprint density at radius 1 is 1.27 bits per heavy atom. The molecule has 8 heteroatoms. The molecule has 0 N–H and O–H groups in total. The molecule has 136 valence electrons. The molecule has 1 unspecified atom stereocenters. The molecule has 1 atom stereocenters. The maximum atomic E-state index is 12.9. The van der Waals surface area contributed by atoms with Crippen LogP contribution >= 0.6 is 11.3 Å². The molecule has 1 aromatic carbocycles. The van der Waals surface area contributed by atoms with Crippen LogP contribution in [-0.2, 0) is 12.7 Å². The average molecular weight is 379 g/mol. The minimum absolute atomic E-state index is 0.112. The Hall–Kier alpha value is -2.19. The Bertz CT molecular complexity index is 876. The van der Waals surface area contributed by atoms with Gasteiger partial charge in [0, 0.05) is 18.7 Å². The van der Waals surface area contributed by atoms with Crippen molar-refractivity contribution < 1.29 is 17.7 Å². The summed E-state index contributed by atoms with van der Waals surface area (Å²) in [4.78, 5) is 6.67. The smallest absolute Gasteiger partial charge is 0.339 e. The fraction of sp³-hybridized carbons (Fsp3) is 0.333. The lowest BCUT2D eigenvalue weighted by Crippen LogP contribution is -2.19. The molecule has 1 aliphatic heterocycles. The molecule has 4 rings (SSSR count). The average Bonchev–Trinajstić information content (AvgIpc) is 3.36. The summed E-state index contributed by atoms with van der Waals surface area (Å²) in [5.74, 6) is 0.799. The van der Waals surface area contributed by atoms with E-state index in [0.29, 0.717) is 11.5 Å². The first-order valence-electron chi connectivity index (χ1n) is 8.24. The third-order valence-electron chi connectivity index (χ3n) is 4.50. The molecule has 0 spiro atoms. The number of rotatable bonds is 4. The summed E-state index contributed by atoms with van der Waals surface area (Å²) in [6, 6.07) is 7.10. The van der Waals surface area contributed by atoms with E-state index in [0.717, 1.165) is 38.2 Å². The molecule has 0 aliphatic carbocycles. The first kappa shape index (κ1) is 17.2. The number of thiophene rings is 1. The highest BCUT2D eigenvalue weighted by atomic mass is 32.1. The third-order valence-corrected chi connectivity index (χ3v) is 5.23. The summed E-state index contributed by atoms with van der Waals surface area (Å²) in [5.41, 5.74) is 0.873. The quantitative estimate of drug-likeness (QED) is 0.653. The van der Waals surface area contributed by atoms with Gasteiger partial charge in [-0.1, -0.05) is 17.3 Å². The van der Waals surface area contributed by atoms with Crippen LogP contribution in [0, 0.1) is 0 Å². The zero-order valence-electron chi connectivity index (χ0n) is 13.7. The summed E-state index contributed by atoms with van der Waals surface area (Å²) >= 11 is 1.68. The second kappa shape index (κ2) is 6.85. The Balaban J connectivity index is 1.47. The molecule has 1 saturated heterocycles. The molecule has 0 amide bonds. The van der Waals surface area contributed by atoms with Gasteiger partial charge in [-0.05, 0) is 47.5 Å². The second-order valence-corrected chi connectivity index (χ2v) is 7.17. The van der Waals surface area contributed by atoms with Crippen molar-refractivity contribution >= 4 is 11.3 Å². The SMILES string of the molecule is FC(F)(F)c1cccc(-c2noc(C3CCN(Cc4ccsc4)C3)n2)c1. The highest BCUT2D eigenvalue weighted by molar-refractivity contribution is 7.07. The molecule has 3 aromatic rings. The Morgan fingerprint density at radius 3 is 2.92 bits per heavy atom. The molecule has 1 aliphatic rings. The van der Waals surface area contributed by atoms with Gasteiger partial charge in [0.25, 0.3) is 0 Å². The molecule has 1 fully saturated rings. The van der Waals surface area contributed by atoms with E-state index in [4.69, 9.17) is 4.52 Å². The standard InChI is InChI=1S/C18H16F3N3OS/c19-18(20,21)15-3-1-2-13(8-15)16-22-17(25-23-16)14-4-6-24(10-14)9-12-5-7-26-11-12/h1-3,5,7-8,11,14H,4,6,9-10H2. The lowest BCUT2D eigenvalue weighted by Gasteiger charge is -2.13. The van der Waals surface area contributed by atoms with Crippen molar-refractivity contribution in [2.45, 2.75) is 25.1 Å². The lowest BCUT2D eigenvalue weighted by atomic mass is 10.1. The Labute approximate surface area is 152 Å². The predicted octanol–water partition coefficient (Wildman–Crippen LogP) is 4.81. The topological polar surface area (TPSA) is 42.2 Å². The van der Waals surface area contributed by atoms with Crippen molar-refractivity contribution in [2.24, 2.45) is 0 Å². The highest BCUT2D eigenvalue weighted by Gasteiger charge is 2.31. The molecule has 3 heterocycles. The van der Waals surface area contributed by atoms with Gasteiger partial charge >= 0.3 is 6.18 Å². The number of nitrogens with zero attached hydrogens (tertiary/aromatic N) is 3. The number of aromatic nitrogens is 2. The van der Waals surface area contributed by atoms with Crippen LogP contribution in [0.1, 0.15) is 29.4 Å². The minimum Gasteiger partial charge on any atom is -0.339 e. The first-order valence-corrected chi connectivity index (χ1v) is 9.18. The van der Waals surface area contributed by atoms with Gasteiger partial charge in [0.1, 0.15) is 0 Å². The van der Waals surface area contributed by atoms with E-state index < -0.39 is 11.7 Å². The Morgan fingerprint density at radius 2 is 2.15 bits per heavy atom. The van der Waals surface area contributed by atoms with Crippen molar-refractivity contribution in [1.82, 2.24) is 15.0 Å². The molecular weight excluding hydrogens is 363 g/mol. The zero-order chi connectivity index (χ0) is 18.1. The molecular formula is C18H16F3N3OS. The van der Waals surface area contributed by atoms with E-state index in [1.165, 1.54) is 11.6 Å². The van der Waals surface area contributed by atoms with E-state index >= 15 is 0 Å².